The summed E-state index contributed by atoms with van der Waals surface area (Å²) in [4.78, 5) is 0. The molecular formula is C16H18ClNO. The lowest BCUT2D eigenvalue weighted by atomic mass is 9.97. The van der Waals surface area contributed by atoms with E-state index in [1.165, 1.54) is 0 Å². The summed E-state index contributed by atoms with van der Waals surface area (Å²) in [5, 5.41) is 14.4. The van der Waals surface area contributed by atoms with E-state index in [0.29, 0.717) is 5.02 Å². The number of nitrogens with one attached hydrogen (secondary N) is 1. The molecule has 2 rings (SSSR count). The highest BCUT2D eigenvalue weighted by atomic mass is 35.5. The topological polar surface area (TPSA) is 32.3 Å². The fourth-order valence-electron chi connectivity index (χ4n) is 2.06. The van der Waals surface area contributed by atoms with Gasteiger partial charge in [0, 0.05) is 11.6 Å². The van der Waals surface area contributed by atoms with Crippen LogP contribution in [0.4, 0.5) is 0 Å². The fourth-order valence-corrected chi connectivity index (χ4v) is 2.24. The Balaban J connectivity index is 2.34. The van der Waals surface area contributed by atoms with Gasteiger partial charge in [-0.2, -0.15) is 0 Å². The third-order valence-corrected chi connectivity index (χ3v) is 3.32. The van der Waals surface area contributed by atoms with Gasteiger partial charge in [-0.05, 0) is 35.4 Å². The molecule has 0 aromatic heterocycles. The Morgan fingerprint density at radius 1 is 1.16 bits per heavy atom. The zero-order chi connectivity index (χ0) is 13.7. The Morgan fingerprint density at radius 3 is 2.58 bits per heavy atom. The van der Waals surface area contributed by atoms with Gasteiger partial charge in [-0.3, -0.25) is 0 Å². The summed E-state index contributed by atoms with van der Waals surface area (Å²) in [5.74, 6) is 0. The lowest BCUT2D eigenvalue weighted by molar-refractivity contribution is 0.219. The van der Waals surface area contributed by atoms with E-state index in [-0.39, 0.29) is 0 Å². The largest absolute Gasteiger partial charge is 0.384 e. The summed E-state index contributed by atoms with van der Waals surface area (Å²) in [7, 11) is 0. The van der Waals surface area contributed by atoms with Crippen molar-refractivity contribution in [2.75, 3.05) is 6.54 Å². The molecule has 0 fully saturated rings. The Bertz CT molecular complexity index is 528. The summed E-state index contributed by atoms with van der Waals surface area (Å²) in [5.41, 5.74) is 2.81. The predicted octanol–water partition coefficient (Wildman–Crippen LogP) is 3.53. The number of halogens is 1. The summed E-state index contributed by atoms with van der Waals surface area (Å²) < 4.78 is 0. The van der Waals surface area contributed by atoms with Crippen molar-refractivity contribution in [1.29, 1.82) is 0 Å². The molecule has 0 saturated carbocycles. The normalized spacial score (nSPS) is 12.4. The van der Waals surface area contributed by atoms with Gasteiger partial charge in [0.25, 0.3) is 0 Å². The van der Waals surface area contributed by atoms with E-state index in [1.54, 1.807) is 0 Å². The summed E-state index contributed by atoms with van der Waals surface area (Å²) in [6, 6.07) is 15.3. The molecule has 0 spiro atoms. The minimum Gasteiger partial charge on any atom is -0.384 e. The standard InChI is InChI=1S/C16H18ClNO/c1-2-18-11-13-8-9-14(17)10-15(13)16(19)12-6-4-3-5-7-12/h3-10,16,18-19H,2,11H2,1H3. The number of aliphatic hydroxyl groups is 1. The second-order valence-electron chi connectivity index (χ2n) is 4.44. The molecule has 2 aromatic carbocycles. The highest BCUT2D eigenvalue weighted by Gasteiger charge is 2.14. The molecule has 2 aromatic rings. The molecule has 0 aliphatic rings. The molecule has 2 nitrogen and oxygen atoms in total. The third kappa shape index (κ3) is 3.57. The maximum atomic E-state index is 10.5. The molecule has 100 valence electrons. The highest BCUT2D eigenvalue weighted by molar-refractivity contribution is 6.30. The van der Waals surface area contributed by atoms with Gasteiger partial charge in [0.1, 0.15) is 6.10 Å². The second kappa shape index (κ2) is 6.71. The van der Waals surface area contributed by atoms with Crippen LogP contribution in [0.25, 0.3) is 0 Å². The zero-order valence-corrected chi connectivity index (χ0v) is 11.7. The van der Waals surface area contributed by atoms with E-state index < -0.39 is 6.10 Å². The first-order valence-corrected chi connectivity index (χ1v) is 6.82. The van der Waals surface area contributed by atoms with Crippen LogP contribution in [0.15, 0.2) is 48.5 Å². The minimum atomic E-state index is -0.645. The highest BCUT2D eigenvalue weighted by Crippen LogP contribution is 2.27. The minimum absolute atomic E-state index is 0.644. The molecule has 0 aliphatic carbocycles. The Hall–Kier alpha value is -1.35. The van der Waals surface area contributed by atoms with Gasteiger partial charge in [0.15, 0.2) is 0 Å². The van der Waals surface area contributed by atoms with Crippen molar-refractivity contribution in [3.8, 4) is 0 Å². The molecule has 0 aliphatic heterocycles. The molecule has 0 bridgehead atoms. The Morgan fingerprint density at radius 2 is 1.89 bits per heavy atom. The van der Waals surface area contributed by atoms with Gasteiger partial charge in [0.2, 0.25) is 0 Å². The lowest BCUT2D eigenvalue weighted by Crippen LogP contribution is -2.15. The predicted molar refractivity (Wildman–Crippen MR) is 79.3 cm³/mol. The van der Waals surface area contributed by atoms with Crippen LogP contribution in [0.3, 0.4) is 0 Å². The molecular weight excluding hydrogens is 258 g/mol. The van der Waals surface area contributed by atoms with Crippen molar-refractivity contribution in [1.82, 2.24) is 5.32 Å². The maximum absolute atomic E-state index is 10.5. The van der Waals surface area contributed by atoms with E-state index in [4.69, 9.17) is 11.6 Å². The van der Waals surface area contributed by atoms with Crippen LogP contribution >= 0.6 is 11.6 Å². The van der Waals surface area contributed by atoms with Crippen molar-refractivity contribution in [3.05, 3.63) is 70.2 Å². The second-order valence-corrected chi connectivity index (χ2v) is 4.87. The SMILES string of the molecule is CCNCc1ccc(Cl)cc1C(O)c1ccccc1. The van der Waals surface area contributed by atoms with E-state index in [0.717, 1.165) is 29.8 Å². The smallest absolute Gasteiger partial charge is 0.104 e. The summed E-state index contributed by atoms with van der Waals surface area (Å²) in [6.07, 6.45) is -0.645. The van der Waals surface area contributed by atoms with Crippen molar-refractivity contribution >= 4 is 11.6 Å². The third-order valence-electron chi connectivity index (χ3n) is 3.08. The van der Waals surface area contributed by atoms with E-state index in [2.05, 4.69) is 12.2 Å². The van der Waals surface area contributed by atoms with Crippen molar-refractivity contribution in [3.63, 3.8) is 0 Å². The van der Waals surface area contributed by atoms with Crippen LogP contribution in [0, 0.1) is 0 Å². The first-order valence-electron chi connectivity index (χ1n) is 6.44. The van der Waals surface area contributed by atoms with Crippen LogP contribution in [-0.2, 0) is 6.54 Å². The zero-order valence-electron chi connectivity index (χ0n) is 10.9. The number of hydrogen-bond donors (Lipinski definition) is 2. The fraction of sp³-hybridized carbons (Fsp3) is 0.250. The van der Waals surface area contributed by atoms with Crippen molar-refractivity contribution < 1.29 is 5.11 Å². The van der Waals surface area contributed by atoms with Crippen molar-refractivity contribution in [2.24, 2.45) is 0 Å². The Labute approximate surface area is 119 Å². The molecule has 0 saturated heterocycles. The maximum Gasteiger partial charge on any atom is 0.104 e. The van der Waals surface area contributed by atoms with Crippen LogP contribution in [0.5, 0.6) is 0 Å². The van der Waals surface area contributed by atoms with Gasteiger partial charge in [0.05, 0.1) is 0 Å². The molecule has 19 heavy (non-hydrogen) atoms. The average Bonchev–Trinajstić information content (AvgIpc) is 2.46. The van der Waals surface area contributed by atoms with Gasteiger partial charge < -0.3 is 10.4 Å². The average molecular weight is 276 g/mol. The number of benzene rings is 2. The van der Waals surface area contributed by atoms with E-state index >= 15 is 0 Å². The van der Waals surface area contributed by atoms with Gasteiger partial charge >= 0.3 is 0 Å². The van der Waals surface area contributed by atoms with E-state index in [9.17, 15) is 5.11 Å². The number of aliphatic hydroxyl groups excluding tert-OH is 1. The van der Waals surface area contributed by atoms with Gasteiger partial charge in [-0.1, -0.05) is 54.9 Å². The van der Waals surface area contributed by atoms with Gasteiger partial charge in [-0.25, -0.2) is 0 Å². The Kier molecular flexibility index (Phi) is 4.97. The van der Waals surface area contributed by atoms with Crippen LogP contribution < -0.4 is 5.32 Å². The van der Waals surface area contributed by atoms with Crippen LogP contribution in [0.2, 0.25) is 5.02 Å². The first-order chi connectivity index (χ1) is 9.22. The number of rotatable bonds is 5. The van der Waals surface area contributed by atoms with E-state index in [1.807, 2.05) is 48.5 Å². The molecule has 1 unspecified atom stereocenters. The van der Waals surface area contributed by atoms with Crippen molar-refractivity contribution in [2.45, 2.75) is 19.6 Å². The quantitative estimate of drug-likeness (QED) is 0.875. The number of hydrogen-bond acceptors (Lipinski definition) is 2. The van der Waals surface area contributed by atoms with Crippen LogP contribution in [-0.4, -0.2) is 11.7 Å². The monoisotopic (exact) mass is 275 g/mol. The van der Waals surface area contributed by atoms with Crippen LogP contribution in [0.1, 0.15) is 29.7 Å². The molecule has 0 radical (unpaired) electrons. The molecule has 1 atom stereocenters. The molecule has 0 amide bonds. The first kappa shape index (κ1) is 14.1. The lowest BCUT2D eigenvalue weighted by Gasteiger charge is -2.17. The summed E-state index contributed by atoms with van der Waals surface area (Å²) >= 11 is 6.05. The molecule has 0 heterocycles. The molecule has 2 N–H and O–H groups in total. The van der Waals surface area contributed by atoms with Gasteiger partial charge in [-0.15, -0.1) is 0 Å². The summed E-state index contributed by atoms with van der Waals surface area (Å²) in [6.45, 7) is 3.68. The molecule has 3 heteroatoms.